The summed E-state index contributed by atoms with van der Waals surface area (Å²) in [5.41, 5.74) is 2.10. The lowest BCUT2D eigenvalue weighted by atomic mass is 9.98. The summed E-state index contributed by atoms with van der Waals surface area (Å²) in [6.45, 7) is 4.16. The van der Waals surface area contributed by atoms with E-state index in [-0.39, 0.29) is 5.91 Å². The summed E-state index contributed by atoms with van der Waals surface area (Å²) in [5, 5.41) is 6.85. The Morgan fingerprint density at radius 2 is 2.50 bits per heavy atom. The van der Waals surface area contributed by atoms with Crippen LogP contribution in [0.5, 0.6) is 0 Å². The first-order valence-corrected chi connectivity index (χ1v) is 6.47. The van der Waals surface area contributed by atoms with Crippen molar-refractivity contribution in [3.63, 3.8) is 0 Å². The molecule has 1 unspecified atom stereocenters. The average molecular weight is 251 g/mol. The van der Waals surface area contributed by atoms with Gasteiger partial charge in [0.1, 0.15) is 0 Å². The van der Waals surface area contributed by atoms with Crippen molar-refractivity contribution in [2.45, 2.75) is 32.7 Å². The highest BCUT2D eigenvalue weighted by Crippen LogP contribution is 2.18. The summed E-state index contributed by atoms with van der Waals surface area (Å²) in [6.07, 6.45) is 4.54. The van der Waals surface area contributed by atoms with Crippen LogP contribution in [-0.2, 0) is 16.1 Å². The summed E-state index contributed by atoms with van der Waals surface area (Å²) in [7, 11) is 1.85. The molecule has 1 aromatic heterocycles. The van der Waals surface area contributed by atoms with Crippen molar-refractivity contribution in [3.8, 4) is 0 Å². The lowest BCUT2D eigenvalue weighted by molar-refractivity contribution is -0.132. The van der Waals surface area contributed by atoms with E-state index in [2.05, 4.69) is 10.2 Å². The maximum absolute atomic E-state index is 12.1. The van der Waals surface area contributed by atoms with E-state index < -0.39 is 0 Å². The number of hydrogen-bond donors (Lipinski definition) is 1. The molecule has 1 atom stereocenters. The van der Waals surface area contributed by atoms with Crippen molar-refractivity contribution in [1.29, 1.82) is 0 Å². The number of aromatic amines is 1. The van der Waals surface area contributed by atoms with Gasteiger partial charge in [0.2, 0.25) is 5.91 Å². The number of ether oxygens (including phenoxy) is 1. The minimum Gasteiger partial charge on any atom is -0.381 e. The van der Waals surface area contributed by atoms with E-state index in [1.165, 1.54) is 0 Å². The quantitative estimate of drug-likeness (QED) is 0.882. The molecule has 5 nitrogen and oxygen atoms in total. The summed E-state index contributed by atoms with van der Waals surface area (Å²) in [5.74, 6) is 0.574. The molecule has 0 radical (unpaired) electrons. The number of nitrogens with one attached hydrogen (secondary N) is 1. The minimum absolute atomic E-state index is 0.186. The zero-order valence-electron chi connectivity index (χ0n) is 11.1. The fourth-order valence-electron chi connectivity index (χ4n) is 2.25. The number of aromatic nitrogens is 2. The van der Waals surface area contributed by atoms with Crippen LogP contribution in [0, 0.1) is 12.8 Å². The molecular weight excluding hydrogens is 230 g/mol. The first kappa shape index (κ1) is 13.1. The number of carbonyl (C=O) groups excluding carboxylic acids is 1. The van der Waals surface area contributed by atoms with E-state index in [0.29, 0.717) is 18.9 Å². The molecular formula is C13H21N3O2. The topological polar surface area (TPSA) is 58.2 Å². The largest absolute Gasteiger partial charge is 0.381 e. The Bertz CT molecular complexity index is 397. The molecule has 0 aromatic carbocycles. The Morgan fingerprint density at radius 1 is 1.67 bits per heavy atom. The monoisotopic (exact) mass is 251 g/mol. The first-order valence-electron chi connectivity index (χ1n) is 6.47. The molecule has 18 heavy (non-hydrogen) atoms. The van der Waals surface area contributed by atoms with Crippen LogP contribution in [-0.4, -0.2) is 41.3 Å². The minimum atomic E-state index is 0.186. The second-order valence-corrected chi connectivity index (χ2v) is 5.06. The van der Waals surface area contributed by atoms with Gasteiger partial charge in [-0.25, -0.2) is 0 Å². The van der Waals surface area contributed by atoms with Crippen molar-refractivity contribution < 1.29 is 9.53 Å². The van der Waals surface area contributed by atoms with E-state index in [1.807, 2.05) is 14.0 Å². The molecule has 1 saturated heterocycles. The zero-order valence-corrected chi connectivity index (χ0v) is 11.1. The van der Waals surface area contributed by atoms with Crippen LogP contribution in [0.1, 0.15) is 30.5 Å². The van der Waals surface area contributed by atoms with Gasteiger partial charge in [0, 0.05) is 44.5 Å². The van der Waals surface area contributed by atoms with Gasteiger partial charge in [0.25, 0.3) is 0 Å². The van der Waals surface area contributed by atoms with Crippen molar-refractivity contribution in [3.05, 3.63) is 17.5 Å². The molecule has 0 bridgehead atoms. The van der Waals surface area contributed by atoms with Crippen molar-refractivity contribution in [2.75, 3.05) is 20.3 Å². The summed E-state index contributed by atoms with van der Waals surface area (Å²) < 4.78 is 5.40. The van der Waals surface area contributed by atoms with Gasteiger partial charge >= 0.3 is 0 Å². The number of aryl methyl sites for hydroxylation is 1. The van der Waals surface area contributed by atoms with E-state index >= 15 is 0 Å². The van der Waals surface area contributed by atoms with Crippen LogP contribution in [0.15, 0.2) is 6.20 Å². The Kier molecular flexibility index (Phi) is 4.36. The lowest BCUT2D eigenvalue weighted by Gasteiger charge is -2.24. The van der Waals surface area contributed by atoms with Crippen LogP contribution < -0.4 is 0 Å². The lowest BCUT2D eigenvalue weighted by Crippen LogP contribution is -2.30. The molecule has 1 aliphatic rings. The third-order valence-corrected chi connectivity index (χ3v) is 3.49. The number of carbonyl (C=O) groups is 1. The number of hydrogen-bond acceptors (Lipinski definition) is 3. The molecule has 0 aliphatic carbocycles. The van der Waals surface area contributed by atoms with Crippen LogP contribution in [0.3, 0.4) is 0 Å². The number of rotatable bonds is 4. The van der Waals surface area contributed by atoms with E-state index in [1.54, 1.807) is 11.1 Å². The van der Waals surface area contributed by atoms with E-state index in [4.69, 9.17) is 4.74 Å². The highest BCUT2D eigenvalue weighted by atomic mass is 16.5. The Morgan fingerprint density at radius 3 is 3.11 bits per heavy atom. The summed E-state index contributed by atoms with van der Waals surface area (Å²) >= 11 is 0. The van der Waals surface area contributed by atoms with Crippen molar-refractivity contribution in [1.82, 2.24) is 15.1 Å². The van der Waals surface area contributed by atoms with Gasteiger partial charge in [0.05, 0.1) is 6.20 Å². The van der Waals surface area contributed by atoms with Crippen molar-refractivity contribution >= 4 is 5.91 Å². The molecule has 0 saturated carbocycles. The maximum Gasteiger partial charge on any atom is 0.222 e. The second-order valence-electron chi connectivity index (χ2n) is 5.06. The molecule has 5 heteroatoms. The summed E-state index contributed by atoms with van der Waals surface area (Å²) in [4.78, 5) is 13.9. The fraction of sp³-hybridized carbons (Fsp3) is 0.692. The second kappa shape index (κ2) is 6.00. The van der Waals surface area contributed by atoms with Gasteiger partial charge in [-0.3, -0.25) is 9.89 Å². The van der Waals surface area contributed by atoms with Crippen LogP contribution >= 0.6 is 0 Å². The van der Waals surface area contributed by atoms with Gasteiger partial charge in [-0.1, -0.05) is 0 Å². The highest BCUT2D eigenvalue weighted by Gasteiger charge is 2.20. The van der Waals surface area contributed by atoms with Gasteiger partial charge in [-0.15, -0.1) is 0 Å². The van der Waals surface area contributed by atoms with Gasteiger partial charge < -0.3 is 9.64 Å². The normalized spacial score (nSPS) is 19.8. The smallest absolute Gasteiger partial charge is 0.222 e. The van der Waals surface area contributed by atoms with E-state index in [9.17, 15) is 4.79 Å². The molecule has 2 heterocycles. The van der Waals surface area contributed by atoms with Crippen LogP contribution in [0.2, 0.25) is 0 Å². The van der Waals surface area contributed by atoms with Crippen LogP contribution in [0.4, 0.5) is 0 Å². The SMILES string of the molecule is Cc1[nH]ncc1CN(C)C(=O)CC1CCCOC1. The first-order chi connectivity index (χ1) is 8.66. The third kappa shape index (κ3) is 3.32. The summed E-state index contributed by atoms with van der Waals surface area (Å²) in [6, 6.07) is 0. The predicted molar refractivity (Wildman–Crippen MR) is 68.0 cm³/mol. The molecule has 1 N–H and O–H groups in total. The molecule has 0 spiro atoms. The van der Waals surface area contributed by atoms with Gasteiger partial charge in [-0.05, 0) is 25.7 Å². The van der Waals surface area contributed by atoms with Gasteiger partial charge in [0.15, 0.2) is 0 Å². The molecule has 100 valence electrons. The standard InChI is InChI=1S/C13H21N3O2/c1-10-12(7-14-15-10)8-16(2)13(17)6-11-4-3-5-18-9-11/h7,11H,3-6,8-9H2,1-2H3,(H,14,15). The van der Waals surface area contributed by atoms with Crippen molar-refractivity contribution in [2.24, 2.45) is 5.92 Å². The fourth-order valence-corrected chi connectivity index (χ4v) is 2.25. The molecule has 1 fully saturated rings. The Balaban J connectivity index is 1.83. The average Bonchev–Trinajstić information content (AvgIpc) is 2.76. The third-order valence-electron chi connectivity index (χ3n) is 3.49. The molecule has 1 aromatic rings. The molecule has 2 rings (SSSR count). The van der Waals surface area contributed by atoms with Crippen LogP contribution in [0.25, 0.3) is 0 Å². The predicted octanol–water partition coefficient (Wildman–Crippen LogP) is 1.49. The molecule has 1 aliphatic heterocycles. The Labute approximate surface area is 108 Å². The zero-order chi connectivity index (χ0) is 13.0. The molecule has 1 amide bonds. The highest BCUT2D eigenvalue weighted by molar-refractivity contribution is 5.76. The van der Waals surface area contributed by atoms with E-state index in [0.717, 1.165) is 37.3 Å². The maximum atomic E-state index is 12.1. The Hall–Kier alpha value is -1.36. The number of amides is 1. The number of nitrogens with zero attached hydrogens (tertiary/aromatic N) is 2. The van der Waals surface area contributed by atoms with Gasteiger partial charge in [-0.2, -0.15) is 5.10 Å². The number of H-pyrrole nitrogens is 1.